The SMILES string of the molecule is Cl.O=c1[nH]c2cc3cc(OCCCCc4nnnn4C4CCN(Cc5ccc(F)cc5)CC4)ccc3nc2[nH]1. The molecule has 0 unspecified atom stereocenters. The average Bonchev–Trinajstić information content (AvgIpc) is 3.54. The number of imidazole rings is 1. The van der Waals surface area contributed by atoms with Gasteiger partial charge in [-0.15, -0.1) is 17.5 Å². The second-order valence-electron chi connectivity index (χ2n) is 9.80. The lowest BCUT2D eigenvalue weighted by Crippen LogP contribution is -2.35. The maximum Gasteiger partial charge on any atom is 0.325 e. The van der Waals surface area contributed by atoms with Crippen LogP contribution >= 0.6 is 12.4 Å². The molecule has 0 atom stereocenters. The quantitative estimate of drug-likeness (QED) is 0.263. The number of aryl methyl sites for hydroxylation is 1. The number of nitrogens with one attached hydrogen (secondary N) is 2. The van der Waals surface area contributed by atoms with Gasteiger partial charge >= 0.3 is 5.69 Å². The number of piperidine rings is 1. The van der Waals surface area contributed by atoms with E-state index in [0.29, 0.717) is 23.8 Å². The summed E-state index contributed by atoms with van der Waals surface area (Å²) < 4.78 is 21.1. The van der Waals surface area contributed by atoms with E-state index >= 15 is 0 Å². The van der Waals surface area contributed by atoms with E-state index < -0.39 is 0 Å². The minimum absolute atomic E-state index is 0. The number of likely N-dealkylation sites (tertiary alicyclic amines) is 1. The lowest BCUT2D eigenvalue weighted by atomic mass is 10.0. The highest BCUT2D eigenvalue weighted by Crippen LogP contribution is 2.25. The van der Waals surface area contributed by atoms with E-state index in [0.717, 1.165) is 79.8 Å². The summed E-state index contributed by atoms with van der Waals surface area (Å²) in [4.78, 5) is 23.8. The molecular weight excluding hydrogens is 523 g/mol. The van der Waals surface area contributed by atoms with Crippen molar-refractivity contribution in [3.8, 4) is 5.75 Å². The number of benzene rings is 2. The molecule has 1 fully saturated rings. The van der Waals surface area contributed by atoms with Crippen molar-refractivity contribution >= 4 is 34.5 Å². The molecule has 39 heavy (non-hydrogen) atoms. The van der Waals surface area contributed by atoms with Crippen molar-refractivity contribution in [2.45, 2.75) is 44.7 Å². The van der Waals surface area contributed by atoms with Gasteiger partial charge in [0.1, 0.15) is 11.6 Å². The number of pyridine rings is 1. The van der Waals surface area contributed by atoms with Crippen molar-refractivity contribution in [1.29, 1.82) is 0 Å². The zero-order chi connectivity index (χ0) is 25.9. The minimum Gasteiger partial charge on any atom is -0.494 e. The van der Waals surface area contributed by atoms with Gasteiger partial charge < -0.3 is 9.72 Å². The molecule has 1 aliphatic heterocycles. The van der Waals surface area contributed by atoms with Crippen LogP contribution in [-0.2, 0) is 13.0 Å². The summed E-state index contributed by atoms with van der Waals surface area (Å²) in [5, 5.41) is 13.4. The van der Waals surface area contributed by atoms with Crippen LogP contribution in [-0.4, -0.2) is 59.8 Å². The standard InChI is InChI=1S/C27H29FN8O2.ClH/c28-20-6-4-18(5-7-20)17-35-12-10-21(11-13-35)36-25(32-33-34-36)3-1-2-14-38-22-8-9-23-19(15-22)16-24-26(29-23)31-27(37)30-24;/h4-9,15-16,21H,1-3,10-14,17H2,(H2,29,30,31,37);1H. The van der Waals surface area contributed by atoms with Gasteiger partial charge in [0.05, 0.1) is 23.7 Å². The van der Waals surface area contributed by atoms with E-state index in [1.807, 2.05) is 41.1 Å². The number of hydrogen-bond donors (Lipinski definition) is 2. The third-order valence-electron chi connectivity index (χ3n) is 7.11. The van der Waals surface area contributed by atoms with Crippen LogP contribution in [0.5, 0.6) is 5.75 Å². The number of fused-ring (bicyclic) bond motifs is 2. The van der Waals surface area contributed by atoms with Crippen LogP contribution in [0.15, 0.2) is 53.3 Å². The van der Waals surface area contributed by atoms with Crippen LogP contribution in [0, 0.1) is 5.82 Å². The van der Waals surface area contributed by atoms with Gasteiger partial charge in [-0.25, -0.2) is 18.9 Å². The van der Waals surface area contributed by atoms with Crippen LogP contribution in [0.25, 0.3) is 22.1 Å². The van der Waals surface area contributed by atoms with E-state index in [2.05, 4.69) is 35.4 Å². The fraction of sp³-hybridized carbons (Fsp3) is 0.370. The van der Waals surface area contributed by atoms with Crippen molar-refractivity contribution in [2.24, 2.45) is 0 Å². The van der Waals surface area contributed by atoms with Crippen LogP contribution in [0.1, 0.15) is 43.1 Å². The minimum atomic E-state index is -0.266. The summed E-state index contributed by atoms with van der Waals surface area (Å²) in [7, 11) is 0. The predicted molar refractivity (Wildman–Crippen MR) is 148 cm³/mol. The summed E-state index contributed by atoms with van der Waals surface area (Å²) in [6, 6.07) is 14.7. The molecule has 1 saturated heterocycles. The van der Waals surface area contributed by atoms with Gasteiger partial charge in [0.25, 0.3) is 0 Å². The molecule has 10 nitrogen and oxygen atoms in total. The summed E-state index contributed by atoms with van der Waals surface area (Å²) in [5.41, 5.74) is 2.89. The molecule has 0 amide bonds. The van der Waals surface area contributed by atoms with E-state index in [1.165, 1.54) is 12.1 Å². The molecule has 0 aliphatic carbocycles. The lowest BCUT2D eigenvalue weighted by molar-refractivity contribution is 0.170. The molecule has 0 saturated carbocycles. The van der Waals surface area contributed by atoms with Gasteiger partial charge in [0.15, 0.2) is 11.5 Å². The predicted octanol–water partition coefficient (Wildman–Crippen LogP) is 4.19. The van der Waals surface area contributed by atoms with Crippen molar-refractivity contribution in [3.63, 3.8) is 0 Å². The van der Waals surface area contributed by atoms with Gasteiger partial charge in [0, 0.05) is 31.4 Å². The van der Waals surface area contributed by atoms with Crippen LogP contribution in [0.3, 0.4) is 0 Å². The smallest absolute Gasteiger partial charge is 0.325 e. The molecule has 2 N–H and O–H groups in total. The Morgan fingerprint density at radius 2 is 1.85 bits per heavy atom. The van der Waals surface area contributed by atoms with Crippen LogP contribution in [0.4, 0.5) is 4.39 Å². The molecule has 1 aliphatic rings. The summed E-state index contributed by atoms with van der Waals surface area (Å²) in [6.07, 6.45) is 4.57. The van der Waals surface area contributed by atoms with Crippen molar-refractivity contribution in [2.75, 3.05) is 19.7 Å². The Bertz CT molecular complexity index is 1590. The molecule has 4 heterocycles. The van der Waals surface area contributed by atoms with E-state index in [-0.39, 0.29) is 23.9 Å². The number of tetrazole rings is 1. The second kappa shape index (κ2) is 11.9. The normalized spacial score (nSPS) is 14.6. The number of unbranched alkanes of at least 4 members (excludes halogenated alkanes) is 1. The molecule has 5 aromatic rings. The van der Waals surface area contributed by atoms with E-state index in [4.69, 9.17) is 4.74 Å². The molecule has 12 heteroatoms. The first-order chi connectivity index (χ1) is 18.6. The highest BCUT2D eigenvalue weighted by Gasteiger charge is 2.23. The fourth-order valence-electron chi connectivity index (χ4n) is 5.10. The van der Waals surface area contributed by atoms with E-state index in [1.54, 1.807) is 0 Å². The molecule has 0 spiro atoms. The Kier molecular flexibility index (Phi) is 8.18. The first-order valence-corrected chi connectivity index (χ1v) is 13.0. The Morgan fingerprint density at radius 3 is 2.67 bits per heavy atom. The highest BCUT2D eigenvalue weighted by molar-refractivity contribution is 5.90. The third kappa shape index (κ3) is 6.26. The van der Waals surface area contributed by atoms with Crippen LogP contribution < -0.4 is 10.4 Å². The molecule has 2 aromatic carbocycles. The van der Waals surface area contributed by atoms with Crippen molar-refractivity contribution in [1.82, 2.24) is 40.1 Å². The monoisotopic (exact) mass is 552 g/mol. The fourth-order valence-corrected chi connectivity index (χ4v) is 5.10. The van der Waals surface area contributed by atoms with Crippen LogP contribution in [0.2, 0.25) is 0 Å². The van der Waals surface area contributed by atoms with Gasteiger partial charge in [0.2, 0.25) is 0 Å². The topological polar surface area (TPSA) is 118 Å². The lowest BCUT2D eigenvalue weighted by Gasteiger charge is -2.32. The summed E-state index contributed by atoms with van der Waals surface area (Å²) in [6.45, 7) is 3.34. The number of ether oxygens (including phenoxy) is 1. The number of halogens is 2. The number of nitrogens with zero attached hydrogens (tertiary/aromatic N) is 6. The molecule has 3 aromatic heterocycles. The molecule has 204 valence electrons. The Hall–Kier alpha value is -3.83. The number of aromatic amines is 2. The summed E-state index contributed by atoms with van der Waals surface area (Å²) >= 11 is 0. The van der Waals surface area contributed by atoms with Gasteiger partial charge in [-0.2, -0.15) is 0 Å². The zero-order valence-electron chi connectivity index (χ0n) is 21.3. The largest absolute Gasteiger partial charge is 0.494 e. The average molecular weight is 553 g/mol. The number of rotatable bonds is 9. The summed E-state index contributed by atoms with van der Waals surface area (Å²) in [5.74, 6) is 1.49. The Labute approximate surface area is 230 Å². The Morgan fingerprint density at radius 1 is 1.03 bits per heavy atom. The zero-order valence-corrected chi connectivity index (χ0v) is 22.2. The van der Waals surface area contributed by atoms with Crippen molar-refractivity contribution < 1.29 is 9.13 Å². The molecule has 6 rings (SSSR count). The second-order valence-corrected chi connectivity index (χ2v) is 9.80. The number of H-pyrrole nitrogens is 2. The van der Waals surface area contributed by atoms with Crippen molar-refractivity contribution in [3.05, 3.63) is 76.2 Å². The van der Waals surface area contributed by atoms with Gasteiger partial charge in [-0.1, -0.05) is 12.1 Å². The first kappa shape index (κ1) is 26.8. The number of aromatic nitrogens is 7. The number of hydrogen-bond acceptors (Lipinski definition) is 7. The third-order valence-corrected chi connectivity index (χ3v) is 7.11. The molecule has 0 radical (unpaired) electrons. The maximum absolute atomic E-state index is 13.2. The molecule has 0 bridgehead atoms. The Balaban J connectivity index is 0.00000308. The van der Waals surface area contributed by atoms with Gasteiger partial charge in [-0.05, 0) is 78.1 Å². The van der Waals surface area contributed by atoms with E-state index in [9.17, 15) is 9.18 Å². The van der Waals surface area contributed by atoms with Gasteiger partial charge in [-0.3, -0.25) is 9.88 Å². The molecular formula is C27H30ClFN8O2. The first-order valence-electron chi connectivity index (χ1n) is 13.0. The highest BCUT2D eigenvalue weighted by atomic mass is 35.5. The maximum atomic E-state index is 13.2.